The molecule has 2 aromatic heterocycles. The minimum atomic E-state index is -3.90. The molecule has 2 aliphatic rings. The van der Waals surface area contributed by atoms with Crippen molar-refractivity contribution in [1.29, 1.82) is 0 Å². The monoisotopic (exact) mass is 502 g/mol. The van der Waals surface area contributed by atoms with Crippen LogP contribution in [0.2, 0.25) is 0 Å². The van der Waals surface area contributed by atoms with Crippen LogP contribution in [0.25, 0.3) is 11.2 Å². The maximum absolute atomic E-state index is 16.1. The third-order valence-electron chi connectivity index (χ3n) is 5.28. The van der Waals surface area contributed by atoms with Gasteiger partial charge in [-0.15, -0.1) is 0 Å². The molecule has 0 saturated carbocycles. The van der Waals surface area contributed by atoms with E-state index in [0.29, 0.717) is 12.1 Å². The first-order valence-corrected chi connectivity index (χ1v) is 12.4. The Balaban J connectivity index is 1.51. The Bertz CT molecular complexity index is 1110. The molecule has 0 aromatic carbocycles. The van der Waals surface area contributed by atoms with Gasteiger partial charge in [-0.1, -0.05) is 0 Å². The summed E-state index contributed by atoms with van der Waals surface area (Å²) >= 11 is 0. The predicted octanol–water partition coefficient (Wildman–Crippen LogP) is 1.89. The van der Waals surface area contributed by atoms with Crippen LogP contribution in [-0.2, 0) is 27.9 Å². The van der Waals surface area contributed by atoms with Crippen LogP contribution >= 0.6 is 7.75 Å². The molecule has 5 atom stereocenters. The number of hydrogen-bond acceptors (Lipinski definition) is 11. The molecular weight excluding hydrogens is 474 g/mol. The highest BCUT2D eigenvalue weighted by Crippen LogP contribution is 2.56. The Morgan fingerprint density at radius 2 is 2.24 bits per heavy atom. The summed E-state index contributed by atoms with van der Waals surface area (Å²) in [6, 6.07) is 0. The number of fused-ring (bicyclic) bond motifs is 2. The number of nitrogen functional groups attached to an aromatic ring is 1. The number of carbonyl (C=O) groups is 1. The Labute approximate surface area is 195 Å². The summed E-state index contributed by atoms with van der Waals surface area (Å²) in [6.07, 6.45) is -2.28. The largest absolute Gasteiger partial charge is 0.476 e. The Hall–Kier alpha value is -2.38. The van der Waals surface area contributed by atoms with Gasteiger partial charge in [0, 0.05) is 6.54 Å². The number of alkyl halides is 1. The number of imidazole rings is 1. The van der Waals surface area contributed by atoms with Crippen molar-refractivity contribution in [2.45, 2.75) is 64.3 Å². The maximum atomic E-state index is 16.1. The summed E-state index contributed by atoms with van der Waals surface area (Å²) < 4.78 is 57.8. The van der Waals surface area contributed by atoms with E-state index < -0.39 is 37.8 Å². The van der Waals surface area contributed by atoms with E-state index in [4.69, 9.17) is 29.0 Å². The maximum Gasteiger partial charge on any atom is 0.406 e. The molecule has 2 aliphatic heterocycles. The SMILES string of the molecule is CCOc1nc(N)nc2c1ncn2[C@@H]1O[C@@H]2CO[P@@](=O)(NCCC(=O)OC(C)C)O[C@H]2[C@@]1(C)F. The van der Waals surface area contributed by atoms with E-state index >= 15 is 4.39 Å². The third-order valence-corrected chi connectivity index (χ3v) is 6.89. The van der Waals surface area contributed by atoms with E-state index in [1.807, 2.05) is 0 Å². The summed E-state index contributed by atoms with van der Waals surface area (Å²) in [5, 5.41) is 2.58. The van der Waals surface area contributed by atoms with E-state index in [1.54, 1.807) is 20.8 Å². The molecular formula is C19H28FN6O7P. The van der Waals surface area contributed by atoms with Crippen molar-refractivity contribution in [3.8, 4) is 5.88 Å². The summed E-state index contributed by atoms with van der Waals surface area (Å²) in [6.45, 7) is 6.61. The lowest BCUT2D eigenvalue weighted by Gasteiger charge is -2.34. The molecule has 2 fully saturated rings. The minimum absolute atomic E-state index is 0.0317. The lowest BCUT2D eigenvalue weighted by atomic mass is 9.98. The van der Waals surface area contributed by atoms with Gasteiger partial charge in [-0.2, -0.15) is 9.97 Å². The summed E-state index contributed by atoms with van der Waals surface area (Å²) in [5.41, 5.74) is 4.16. The van der Waals surface area contributed by atoms with Gasteiger partial charge in [0.25, 0.3) is 0 Å². The molecule has 13 nitrogen and oxygen atoms in total. The zero-order valence-electron chi connectivity index (χ0n) is 19.3. The van der Waals surface area contributed by atoms with Gasteiger partial charge in [-0.3, -0.25) is 18.4 Å². The van der Waals surface area contributed by atoms with E-state index in [0.717, 1.165) is 0 Å². The van der Waals surface area contributed by atoms with Gasteiger partial charge >= 0.3 is 13.7 Å². The van der Waals surface area contributed by atoms with Gasteiger partial charge in [-0.25, -0.2) is 19.0 Å². The zero-order chi connectivity index (χ0) is 24.7. The summed E-state index contributed by atoms with van der Waals surface area (Å²) in [5.74, 6) is -0.370. The van der Waals surface area contributed by atoms with E-state index in [1.165, 1.54) is 17.8 Å². The number of aromatic nitrogens is 4. The van der Waals surface area contributed by atoms with Gasteiger partial charge in [0.05, 0.1) is 32.1 Å². The van der Waals surface area contributed by atoms with Crippen LogP contribution in [0.3, 0.4) is 0 Å². The van der Waals surface area contributed by atoms with E-state index in [9.17, 15) is 9.36 Å². The molecule has 0 spiro atoms. The molecule has 34 heavy (non-hydrogen) atoms. The van der Waals surface area contributed by atoms with Crippen molar-refractivity contribution < 1.29 is 37.0 Å². The van der Waals surface area contributed by atoms with Crippen LogP contribution in [0, 0.1) is 0 Å². The van der Waals surface area contributed by atoms with Gasteiger partial charge < -0.3 is 19.9 Å². The van der Waals surface area contributed by atoms with Crippen LogP contribution in [0.5, 0.6) is 5.88 Å². The fourth-order valence-corrected chi connectivity index (χ4v) is 5.47. The number of carbonyl (C=O) groups excluding carboxylic acids is 1. The third kappa shape index (κ3) is 4.73. The van der Waals surface area contributed by atoms with Crippen LogP contribution in [0.1, 0.15) is 40.3 Å². The molecule has 0 aliphatic carbocycles. The second-order valence-electron chi connectivity index (χ2n) is 8.34. The molecule has 0 amide bonds. The van der Waals surface area contributed by atoms with Crippen molar-refractivity contribution in [1.82, 2.24) is 24.6 Å². The Morgan fingerprint density at radius 3 is 2.94 bits per heavy atom. The smallest absolute Gasteiger partial charge is 0.406 e. The van der Waals surface area contributed by atoms with E-state index in [2.05, 4.69) is 20.0 Å². The highest BCUT2D eigenvalue weighted by molar-refractivity contribution is 7.51. The number of halogens is 1. The van der Waals surface area contributed by atoms with Gasteiger partial charge in [0.1, 0.15) is 12.2 Å². The zero-order valence-corrected chi connectivity index (χ0v) is 20.2. The first-order valence-electron chi connectivity index (χ1n) is 10.9. The number of rotatable bonds is 8. The highest BCUT2D eigenvalue weighted by Gasteiger charge is 2.61. The minimum Gasteiger partial charge on any atom is -0.476 e. The van der Waals surface area contributed by atoms with E-state index in [-0.39, 0.29) is 43.2 Å². The van der Waals surface area contributed by atoms with Gasteiger partial charge in [-0.05, 0) is 27.7 Å². The molecule has 0 bridgehead atoms. The second kappa shape index (κ2) is 9.34. The first-order chi connectivity index (χ1) is 16.0. The number of esters is 1. The fraction of sp³-hybridized carbons (Fsp3) is 0.684. The number of nitrogens with zero attached hydrogens (tertiary/aromatic N) is 4. The molecule has 2 saturated heterocycles. The van der Waals surface area contributed by atoms with Crippen molar-refractivity contribution >= 4 is 30.8 Å². The van der Waals surface area contributed by atoms with Gasteiger partial charge in [0.2, 0.25) is 11.8 Å². The number of ether oxygens (including phenoxy) is 3. The standard InChI is InChI=1S/C19H28FN6O7P/c1-5-29-16-13-15(24-18(21)25-16)26(9-22-13)17-19(4,20)14-11(32-17)8-30-34(28,33-14)23-7-6-12(27)31-10(2)3/h9-11,14,17H,5-8H2,1-4H3,(H,23,28)(H2,21,24,25)/t11-,14-,17-,19-,34+/m1/s1. The molecule has 0 unspecified atom stereocenters. The normalized spacial score (nSPS) is 31.1. The lowest BCUT2D eigenvalue weighted by Crippen LogP contribution is -2.46. The average Bonchev–Trinajstić information content (AvgIpc) is 3.26. The molecule has 15 heteroatoms. The average molecular weight is 502 g/mol. The van der Waals surface area contributed by atoms with Crippen LogP contribution in [0.4, 0.5) is 10.3 Å². The predicted molar refractivity (Wildman–Crippen MR) is 117 cm³/mol. The molecule has 4 heterocycles. The summed E-state index contributed by atoms with van der Waals surface area (Å²) in [7, 11) is -3.90. The van der Waals surface area contributed by atoms with Crippen LogP contribution in [-0.4, -0.2) is 69.2 Å². The number of nitrogens with two attached hydrogens (primary N) is 1. The fourth-order valence-electron chi connectivity index (χ4n) is 3.88. The molecule has 3 N–H and O–H groups in total. The quantitative estimate of drug-likeness (QED) is 0.399. The Kier molecular flexibility index (Phi) is 6.80. The molecule has 188 valence electrons. The van der Waals surface area contributed by atoms with Crippen molar-refractivity contribution in [3.05, 3.63) is 6.33 Å². The number of hydrogen-bond donors (Lipinski definition) is 2. The second-order valence-corrected chi connectivity index (χ2v) is 10.1. The van der Waals surface area contributed by atoms with Crippen LogP contribution in [0.15, 0.2) is 6.33 Å². The van der Waals surface area contributed by atoms with Crippen LogP contribution < -0.4 is 15.6 Å². The first kappa shape index (κ1) is 24.7. The summed E-state index contributed by atoms with van der Waals surface area (Å²) in [4.78, 5) is 24.1. The Morgan fingerprint density at radius 1 is 1.47 bits per heavy atom. The van der Waals surface area contributed by atoms with Gasteiger partial charge in [0.15, 0.2) is 23.1 Å². The molecule has 0 radical (unpaired) electrons. The molecule has 2 aromatic rings. The topological polar surface area (TPSA) is 162 Å². The van der Waals surface area contributed by atoms with Crippen molar-refractivity contribution in [2.75, 3.05) is 25.5 Å². The number of anilines is 1. The molecule has 4 rings (SSSR count). The lowest BCUT2D eigenvalue weighted by molar-refractivity contribution is -0.147. The van der Waals surface area contributed by atoms with Crippen molar-refractivity contribution in [3.63, 3.8) is 0 Å². The number of nitrogens with one attached hydrogen (secondary N) is 1. The highest BCUT2D eigenvalue weighted by atomic mass is 31.2. The van der Waals surface area contributed by atoms with Crippen molar-refractivity contribution in [2.24, 2.45) is 0 Å².